The Labute approximate surface area is 177 Å². The topological polar surface area (TPSA) is 108 Å². The second kappa shape index (κ2) is 7.61. The number of hydrogen-bond donors (Lipinski definition) is 3. The van der Waals surface area contributed by atoms with E-state index in [4.69, 9.17) is 0 Å². The summed E-state index contributed by atoms with van der Waals surface area (Å²) < 4.78 is 40.1. The van der Waals surface area contributed by atoms with E-state index in [1.54, 1.807) is 18.4 Å². The van der Waals surface area contributed by atoms with Gasteiger partial charge in [-0.05, 0) is 52.7 Å². The van der Waals surface area contributed by atoms with Crippen molar-refractivity contribution >= 4 is 42.6 Å². The minimum atomic E-state index is -3.85. The van der Waals surface area contributed by atoms with Gasteiger partial charge in [-0.15, -0.1) is 0 Å². The Balaban J connectivity index is 1.72. The first-order valence-electron chi connectivity index (χ1n) is 9.32. The van der Waals surface area contributed by atoms with Crippen molar-refractivity contribution in [3.63, 3.8) is 0 Å². The molecule has 1 aromatic rings. The van der Waals surface area contributed by atoms with Crippen LogP contribution in [0.2, 0.25) is 0 Å². The zero-order valence-electron chi connectivity index (χ0n) is 16.4. The summed E-state index contributed by atoms with van der Waals surface area (Å²) >= 11 is 3.27. The summed E-state index contributed by atoms with van der Waals surface area (Å²) in [5.74, 6) is 0.441. The van der Waals surface area contributed by atoms with E-state index in [0.717, 1.165) is 25.7 Å². The summed E-state index contributed by atoms with van der Waals surface area (Å²) in [6.07, 6.45) is 5.01. The number of aliphatic hydroxyl groups is 1. The van der Waals surface area contributed by atoms with Crippen LogP contribution in [0, 0.1) is 10.8 Å². The van der Waals surface area contributed by atoms with E-state index in [1.165, 1.54) is 0 Å². The summed E-state index contributed by atoms with van der Waals surface area (Å²) in [6.45, 7) is 4.95. The summed E-state index contributed by atoms with van der Waals surface area (Å²) in [6, 6.07) is 3.35. The Morgan fingerprint density at radius 2 is 1.93 bits per heavy atom. The molecule has 0 amide bonds. The molecular weight excluding hydrogens is 466 g/mol. The highest BCUT2D eigenvalue weighted by atomic mass is 79.9. The monoisotopic (exact) mass is 493 g/mol. The number of halogens is 1. The fourth-order valence-corrected chi connectivity index (χ4v) is 7.07. The Morgan fingerprint density at radius 1 is 1.29 bits per heavy atom. The molecule has 2 saturated carbocycles. The molecule has 0 aromatic carbocycles. The molecule has 2 aliphatic rings. The van der Waals surface area contributed by atoms with Crippen LogP contribution >= 0.6 is 15.9 Å². The van der Waals surface area contributed by atoms with E-state index < -0.39 is 25.6 Å². The molecule has 28 heavy (non-hydrogen) atoms. The molecule has 1 heterocycles. The van der Waals surface area contributed by atoms with Crippen LogP contribution in [0.25, 0.3) is 0 Å². The zero-order chi connectivity index (χ0) is 20.8. The summed E-state index contributed by atoms with van der Waals surface area (Å²) in [5, 5.41) is 12.8. The highest BCUT2D eigenvalue weighted by Crippen LogP contribution is 2.62. The summed E-state index contributed by atoms with van der Waals surface area (Å²) in [7, 11) is -4.95. The molecule has 1 aromatic heterocycles. The molecule has 3 rings (SSSR count). The van der Waals surface area contributed by atoms with E-state index in [1.807, 2.05) is 0 Å². The van der Waals surface area contributed by atoms with E-state index in [9.17, 15) is 17.7 Å². The van der Waals surface area contributed by atoms with Crippen molar-refractivity contribution in [1.82, 2.24) is 9.71 Å². The number of pyridine rings is 1. The van der Waals surface area contributed by atoms with Crippen LogP contribution in [0.1, 0.15) is 39.5 Å². The van der Waals surface area contributed by atoms with Gasteiger partial charge in [0.25, 0.3) is 10.0 Å². The number of aromatic nitrogens is 1. The van der Waals surface area contributed by atoms with Gasteiger partial charge in [0.1, 0.15) is 5.82 Å². The summed E-state index contributed by atoms with van der Waals surface area (Å²) in [5.41, 5.74) is -0.158. The molecule has 2 unspecified atom stereocenters. The van der Waals surface area contributed by atoms with E-state index in [0.29, 0.717) is 16.8 Å². The number of sulfonamides is 1. The van der Waals surface area contributed by atoms with Crippen molar-refractivity contribution < 1.29 is 17.7 Å². The van der Waals surface area contributed by atoms with Gasteiger partial charge < -0.3 is 10.4 Å². The Bertz CT molecular complexity index is 887. The predicted octanol–water partition coefficient (Wildman–Crippen LogP) is 2.24. The van der Waals surface area contributed by atoms with E-state index >= 15 is 0 Å². The van der Waals surface area contributed by atoms with Crippen LogP contribution in [0.15, 0.2) is 21.6 Å². The number of anilines is 1. The first-order valence-corrected chi connectivity index (χ1v) is 13.1. The van der Waals surface area contributed by atoms with Crippen LogP contribution in [0.3, 0.4) is 0 Å². The van der Waals surface area contributed by atoms with Crippen molar-refractivity contribution in [2.75, 3.05) is 31.3 Å². The van der Waals surface area contributed by atoms with Crippen LogP contribution in [0.5, 0.6) is 0 Å². The number of hydrogen-bond acceptors (Lipinski definition) is 6. The van der Waals surface area contributed by atoms with Gasteiger partial charge in [-0.1, -0.05) is 20.3 Å². The van der Waals surface area contributed by atoms with Crippen molar-refractivity contribution in [1.29, 1.82) is 0 Å². The first kappa shape index (κ1) is 22.1. The van der Waals surface area contributed by atoms with Crippen molar-refractivity contribution in [2.24, 2.45) is 10.8 Å². The maximum atomic E-state index is 12.8. The van der Waals surface area contributed by atoms with E-state index in [-0.39, 0.29) is 29.0 Å². The number of nitrogens with one attached hydrogen (secondary N) is 2. The lowest BCUT2D eigenvalue weighted by Crippen LogP contribution is -2.50. The molecule has 7 nitrogen and oxygen atoms in total. The molecule has 0 spiro atoms. The second-order valence-corrected chi connectivity index (χ2v) is 13.0. The van der Waals surface area contributed by atoms with Crippen LogP contribution < -0.4 is 10.0 Å². The minimum absolute atomic E-state index is 0.0491. The molecule has 2 aliphatic carbocycles. The normalized spacial score (nSPS) is 26.3. The maximum Gasteiger partial charge on any atom is 0.259 e. The molecule has 3 N–H and O–H groups in total. The highest BCUT2D eigenvalue weighted by molar-refractivity contribution is 9.10. The lowest BCUT2D eigenvalue weighted by Gasteiger charge is -2.39. The first-order chi connectivity index (χ1) is 13.0. The molecule has 2 fully saturated rings. The second-order valence-electron chi connectivity index (χ2n) is 8.65. The third kappa shape index (κ3) is 4.03. The predicted molar refractivity (Wildman–Crippen MR) is 114 cm³/mol. The smallest absolute Gasteiger partial charge is 0.259 e. The highest BCUT2D eigenvalue weighted by Gasteiger charge is 2.60. The summed E-state index contributed by atoms with van der Waals surface area (Å²) in [4.78, 5) is 4.28. The van der Waals surface area contributed by atoms with Crippen LogP contribution in [-0.2, 0) is 20.8 Å². The SMILES string of the molecule is CS(=O)C1(CNS(=O)(=O)c2nc(NCC3(CO)CC3(C)C)ccc2Br)CCC1. The fourth-order valence-electron chi connectivity index (χ4n) is 3.83. The number of rotatable bonds is 9. The van der Waals surface area contributed by atoms with Gasteiger partial charge in [-0.25, -0.2) is 18.1 Å². The van der Waals surface area contributed by atoms with Gasteiger partial charge in [0.15, 0.2) is 5.03 Å². The van der Waals surface area contributed by atoms with Gasteiger partial charge in [0.05, 0.1) is 15.8 Å². The molecular formula is C18H28BrN3O4S2. The average Bonchev–Trinajstić information content (AvgIpc) is 3.14. The van der Waals surface area contributed by atoms with Gasteiger partial charge in [0.2, 0.25) is 0 Å². The molecule has 0 bridgehead atoms. The van der Waals surface area contributed by atoms with Gasteiger partial charge in [-0.3, -0.25) is 4.21 Å². The number of nitrogens with zero attached hydrogens (tertiary/aromatic N) is 1. The molecule has 0 radical (unpaired) electrons. The van der Waals surface area contributed by atoms with Gasteiger partial charge >= 0.3 is 0 Å². The third-order valence-electron chi connectivity index (χ3n) is 6.53. The third-order valence-corrected chi connectivity index (χ3v) is 10.5. The molecule has 2 atom stereocenters. The van der Waals surface area contributed by atoms with Gasteiger partial charge in [0, 0.05) is 35.6 Å². The van der Waals surface area contributed by atoms with E-state index in [2.05, 4.69) is 44.8 Å². The molecule has 0 saturated heterocycles. The zero-order valence-corrected chi connectivity index (χ0v) is 19.6. The maximum absolute atomic E-state index is 12.8. The van der Waals surface area contributed by atoms with Crippen molar-refractivity contribution in [3.8, 4) is 0 Å². The fraction of sp³-hybridized carbons (Fsp3) is 0.722. The standard InChI is InChI=1S/C18H28BrN3O4S2/c1-16(2)9-17(16,12-23)10-20-14-6-5-13(19)15(22-14)28(25,26)21-11-18(27(3)24)7-4-8-18/h5-6,21,23H,4,7-12H2,1-3H3,(H,20,22). The van der Waals surface area contributed by atoms with Crippen LogP contribution in [-0.4, -0.2) is 53.4 Å². The van der Waals surface area contributed by atoms with Gasteiger partial charge in [-0.2, -0.15) is 0 Å². The molecule has 0 aliphatic heterocycles. The van der Waals surface area contributed by atoms with Crippen molar-refractivity contribution in [3.05, 3.63) is 16.6 Å². The number of aliphatic hydroxyl groups excluding tert-OH is 1. The Kier molecular flexibility index (Phi) is 6.02. The Hall–Kier alpha value is -0.550. The molecule has 10 heteroatoms. The quantitative estimate of drug-likeness (QED) is 0.486. The minimum Gasteiger partial charge on any atom is -0.396 e. The van der Waals surface area contributed by atoms with Crippen molar-refractivity contribution in [2.45, 2.75) is 49.3 Å². The lowest BCUT2D eigenvalue weighted by atomic mass is 9.84. The molecule has 158 valence electrons. The average molecular weight is 494 g/mol. The largest absolute Gasteiger partial charge is 0.396 e. The Morgan fingerprint density at radius 3 is 2.39 bits per heavy atom. The van der Waals surface area contributed by atoms with Crippen LogP contribution in [0.4, 0.5) is 5.82 Å². The lowest BCUT2D eigenvalue weighted by molar-refractivity contribution is 0.189.